The molecule has 6 atom stereocenters. The zero-order chi connectivity index (χ0) is 16.2. The van der Waals surface area contributed by atoms with Crippen LogP contribution in [-0.2, 0) is 0 Å². The second kappa shape index (κ2) is 5.21. The zero-order valence-electron chi connectivity index (χ0n) is 14.4. The Kier molecular flexibility index (Phi) is 3.85. The number of allylic oxidation sites excluding steroid dienone is 2. The Morgan fingerprint density at radius 3 is 2.68 bits per heavy atom. The van der Waals surface area contributed by atoms with Gasteiger partial charge in [-0.1, -0.05) is 44.9 Å². The number of aliphatic hydroxyl groups excluding tert-OH is 2. The first-order chi connectivity index (χ1) is 10.3. The lowest BCUT2D eigenvalue weighted by molar-refractivity contribution is -0.118. The maximum absolute atomic E-state index is 11.0. The van der Waals surface area contributed by atoms with E-state index in [1.165, 1.54) is 18.4 Å². The fourth-order valence-corrected chi connectivity index (χ4v) is 6.19. The Labute approximate surface area is 135 Å². The van der Waals surface area contributed by atoms with Crippen LogP contribution >= 0.6 is 0 Å². The minimum atomic E-state index is -0.281. The van der Waals surface area contributed by atoms with Crippen molar-refractivity contribution in [3.63, 3.8) is 0 Å². The van der Waals surface area contributed by atoms with E-state index in [2.05, 4.69) is 33.4 Å². The molecule has 124 valence electrons. The van der Waals surface area contributed by atoms with Crippen LogP contribution in [0.15, 0.2) is 24.3 Å². The highest BCUT2D eigenvalue weighted by atomic mass is 16.3. The van der Waals surface area contributed by atoms with Crippen molar-refractivity contribution in [2.45, 2.75) is 65.4 Å². The van der Waals surface area contributed by atoms with Gasteiger partial charge in [0, 0.05) is 17.9 Å². The van der Waals surface area contributed by atoms with Crippen LogP contribution in [0.25, 0.3) is 0 Å². The normalized spacial score (nSPS) is 51.5. The van der Waals surface area contributed by atoms with Crippen molar-refractivity contribution >= 4 is 0 Å². The third kappa shape index (κ3) is 2.22. The molecule has 2 heteroatoms. The van der Waals surface area contributed by atoms with Crippen molar-refractivity contribution in [3.8, 4) is 0 Å². The van der Waals surface area contributed by atoms with Gasteiger partial charge in [-0.3, -0.25) is 0 Å². The van der Waals surface area contributed by atoms with Crippen molar-refractivity contribution in [3.05, 3.63) is 24.3 Å². The minimum Gasteiger partial charge on any atom is -0.396 e. The van der Waals surface area contributed by atoms with Gasteiger partial charge >= 0.3 is 0 Å². The molecule has 0 bridgehead atoms. The number of hydrogen-bond donors (Lipinski definition) is 2. The second-order valence-electron chi connectivity index (χ2n) is 8.94. The summed E-state index contributed by atoms with van der Waals surface area (Å²) in [6, 6.07) is 0. The van der Waals surface area contributed by atoms with Crippen molar-refractivity contribution in [1.29, 1.82) is 0 Å². The Morgan fingerprint density at radius 2 is 2.05 bits per heavy atom. The number of aliphatic hydroxyl groups is 2. The maximum Gasteiger partial charge on any atom is 0.0622 e. The van der Waals surface area contributed by atoms with Crippen LogP contribution in [0.1, 0.15) is 59.3 Å². The first kappa shape index (κ1) is 16.3. The summed E-state index contributed by atoms with van der Waals surface area (Å²) in [7, 11) is 0. The van der Waals surface area contributed by atoms with Crippen LogP contribution in [0.2, 0.25) is 0 Å². The summed E-state index contributed by atoms with van der Waals surface area (Å²) in [6.45, 7) is 11.1. The molecule has 3 aliphatic rings. The molecule has 0 unspecified atom stereocenters. The van der Waals surface area contributed by atoms with Crippen molar-refractivity contribution in [2.24, 2.45) is 28.1 Å². The second-order valence-corrected chi connectivity index (χ2v) is 8.94. The molecular formula is C20H32O2. The summed E-state index contributed by atoms with van der Waals surface area (Å²) in [5, 5.41) is 21.0. The molecule has 2 N–H and O–H groups in total. The molecule has 0 aromatic rings. The van der Waals surface area contributed by atoms with Crippen molar-refractivity contribution < 1.29 is 10.2 Å². The van der Waals surface area contributed by atoms with Crippen LogP contribution in [-0.4, -0.2) is 22.9 Å². The molecule has 3 rings (SSSR count). The quantitative estimate of drug-likeness (QED) is 0.755. The maximum atomic E-state index is 11.0. The predicted octanol–water partition coefficient (Wildman–Crippen LogP) is 4.08. The highest BCUT2D eigenvalue weighted by Gasteiger charge is 2.57. The SMILES string of the molecule is C=C[C@]1(C)C=C2CC[C@H]3[C@](C)(CO)CCC[C@]3(C)[C@H]2[C@H](O)C1. The summed E-state index contributed by atoms with van der Waals surface area (Å²) in [5.41, 5.74) is 1.53. The van der Waals surface area contributed by atoms with Gasteiger partial charge in [-0.15, -0.1) is 6.58 Å². The van der Waals surface area contributed by atoms with E-state index < -0.39 is 0 Å². The molecule has 2 saturated carbocycles. The lowest BCUT2D eigenvalue weighted by atomic mass is 9.45. The smallest absolute Gasteiger partial charge is 0.0622 e. The van der Waals surface area contributed by atoms with Crippen molar-refractivity contribution in [1.82, 2.24) is 0 Å². The molecule has 0 aliphatic heterocycles. The van der Waals surface area contributed by atoms with Crippen LogP contribution < -0.4 is 0 Å². The molecule has 0 spiro atoms. The van der Waals surface area contributed by atoms with E-state index in [4.69, 9.17) is 0 Å². The lowest BCUT2D eigenvalue weighted by Crippen LogP contribution is -2.56. The van der Waals surface area contributed by atoms with E-state index in [9.17, 15) is 10.2 Å². The van der Waals surface area contributed by atoms with Gasteiger partial charge in [0.1, 0.15) is 0 Å². The molecule has 0 radical (unpaired) electrons. The minimum absolute atomic E-state index is 0.0252. The van der Waals surface area contributed by atoms with E-state index >= 15 is 0 Å². The van der Waals surface area contributed by atoms with Gasteiger partial charge in [-0.2, -0.15) is 0 Å². The molecule has 0 saturated heterocycles. The summed E-state index contributed by atoms with van der Waals surface area (Å²) in [6.07, 6.45) is 10.6. The topological polar surface area (TPSA) is 40.5 Å². The molecule has 0 aromatic heterocycles. The fraction of sp³-hybridized carbons (Fsp3) is 0.800. The lowest BCUT2D eigenvalue weighted by Gasteiger charge is -2.61. The number of hydrogen-bond acceptors (Lipinski definition) is 2. The van der Waals surface area contributed by atoms with Gasteiger partial charge in [-0.25, -0.2) is 0 Å². The fourth-order valence-electron chi connectivity index (χ4n) is 6.19. The standard InChI is InChI=1S/C20H32O2/c1-5-18(2)11-14-7-8-16-19(3,13-21)9-6-10-20(16,4)17(14)15(22)12-18/h5,11,15-17,21-22H,1,6-10,12-13H2,2-4H3/t15-,16+,17-,18-,19+,20+/m1/s1. The molecule has 2 fully saturated rings. The average Bonchev–Trinajstić information content (AvgIpc) is 2.46. The van der Waals surface area contributed by atoms with Gasteiger partial charge < -0.3 is 10.2 Å². The first-order valence-corrected chi connectivity index (χ1v) is 8.92. The summed E-state index contributed by atoms with van der Waals surface area (Å²) in [5.74, 6) is 0.786. The van der Waals surface area contributed by atoms with E-state index in [0.717, 1.165) is 25.7 Å². The zero-order valence-corrected chi connectivity index (χ0v) is 14.4. The summed E-state index contributed by atoms with van der Waals surface area (Å²) < 4.78 is 0. The van der Waals surface area contributed by atoms with Gasteiger partial charge in [0.2, 0.25) is 0 Å². The third-order valence-electron chi connectivity index (χ3n) is 7.31. The molecular weight excluding hydrogens is 272 g/mol. The van der Waals surface area contributed by atoms with E-state index in [0.29, 0.717) is 5.92 Å². The average molecular weight is 304 g/mol. The summed E-state index contributed by atoms with van der Waals surface area (Å²) >= 11 is 0. The monoisotopic (exact) mass is 304 g/mol. The van der Waals surface area contributed by atoms with Gasteiger partial charge in [0.25, 0.3) is 0 Å². The Balaban J connectivity index is 2.02. The van der Waals surface area contributed by atoms with Crippen LogP contribution in [0.4, 0.5) is 0 Å². The van der Waals surface area contributed by atoms with Gasteiger partial charge in [0.15, 0.2) is 0 Å². The molecule has 3 aliphatic carbocycles. The van der Waals surface area contributed by atoms with E-state index in [-0.39, 0.29) is 34.9 Å². The van der Waals surface area contributed by atoms with E-state index in [1.807, 2.05) is 6.08 Å². The van der Waals surface area contributed by atoms with Crippen LogP contribution in [0.3, 0.4) is 0 Å². The molecule has 0 heterocycles. The summed E-state index contributed by atoms with van der Waals surface area (Å²) in [4.78, 5) is 0. The largest absolute Gasteiger partial charge is 0.396 e. The van der Waals surface area contributed by atoms with Crippen LogP contribution in [0, 0.1) is 28.1 Å². The highest BCUT2D eigenvalue weighted by Crippen LogP contribution is 2.63. The number of rotatable bonds is 2. The Bertz CT molecular complexity index is 496. The highest BCUT2D eigenvalue weighted by molar-refractivity contribution is 5.28. The van der Waals surface area contributed by atoms with Crippen LogP contribution in [0.5, 0.6) is 0 Å². The predicted molar refractivity (Wildman–Crippen MR) is 90.4 cm³/mol. The molecule has 2 nitrogen and oxygen atoms in total. The van der Waals surface area contributed by atoms with Gasteiger partial charge in [0.05, 0.1) is 6.10 Å². The molecule has 0 amide bonds. The molecule has 0 aromatic carbocycles. The van der Waals surface area contributed by atoms with Crippen molar-refractivity contribution in [2.75, 3.05) is 6.61 Å². The van der Waals surface area contributed by atoms with Gasteiger partial charge in [-0.05, 0) is 48.9 Å². The Hall–Kier alpha value is -0.600. The number of fused-ring (bicyclic) bond motifs is 3. The third-order valence-corrected chi connectivity index (χ3v) is 7.31. The molecule has 22 heavy (non-hydrogen) atoms. The van der Waals surface area contributed by atoms with E-state index in [1.54, 1.807) is 0 Å². The first-order valence-electron chi connectivity index (χ1n) is 8.92. The Morgan fingerprint density at radius 1 is 1.32 bits per heavy atom.